The number of fused-ring (bicyclic) bond motifs is 5. The second kappa shape index (κ2) is 6.41. The summed E-state index contributed by atoms with van der Waals surface area (Å²) in [6.45, 7) is 3.68. The second-order valence-electron chi connectivity index (χ2n) is 7.70. The van der Waals surface area contributed by atoms with Crippen molar-refractivity contribution in [3.63, 3.8) is 0 Å². The zero-order valence-electron chi connectivity index (χ0n) is 15.7. The van der Waals surface area contributed by atoms with E-state index in [0.29, 0.717) is 0 Å². The van der Waals surface area contributed by atoms with Crippen LogP contribution in [0.15, 0.2) is 77.3 Å². The van der Waals surface area contributed by atoms with Crippen molar-refractivity contribution in [1.29, 1.82) is 0 Å². The molecule has 0 fully saturated rings. The third-order valence-electron chi connectivity index (χ3n) is 5.33. The van der Waals surface area contributed by atoms with Crippen LogP contribution in [0.3, 0.4) is 0 Å². The Hall–Kier alpha value is -2.20. The number of halogens is 1. The van der Waals surface area contributed by atoms with Crippen LogP contribution in [0.25, 0.3) is 42.1 Å². The molecule has 28 heavy (non-hydrogen) atoms. The molecule has 1 aromatic heterocycles. The van der Waals surface area contributed by atoms with Gasteiger partial charge in [-0.25, -0.2) is 0 Å². The van der Waals surface area contributed by atoms with Crippen LogP contribution in [0, 0.1) is 0 Å². The molecule has 0 bridgehead atoms. The fraction of sp³-hybridized carbons (Fsp3) is 0.120. The molecular formula is C25H19BrOS. The highest BCUT2D eigenvalue weighted by molar-refractivity contribution is 9.10. The maximum Gasteiger partial charge on any atom is 0.0846 e. The van der Waals surface area contributed by atoms with Crippen molar-refractivity contribution in [1.82, 2.24) is 0 Å². The molecule has 0 saturated carbocycles. The third kappa shape index (κ3) is 2.77. The van der Waals surface area contributed by atoms with Gasteiger partial charge in [0.05, 0.1) is 5.60 Å². The molecule has 0 spiro atoms. The molecule has 1 heterocycles. The minimum atomic E-state index is -0.882. The monoisotopic (exact) mass is 446 g/mol. The second-order valence-corrected chi connectivity index (χ2v) is 9.60. The predicted molar refractivity (Wildman–Crippen MR) is 125 cm³/mol. The fourth-order valence-electron chi connectivity index (χ4n) is 3.99. The molecular weight excluding hydrogens is 428 g/mol. The Morgan fingerprint density at radius 2 is 1.50 bits per heavy atom. The normalized spacial score (nSPS) is 12.3. The Labute approximate surface area is 176 Å². The van der Waals surface area contributed by atoms with Gasteiger partial charge in [0, 0.05) is 30.0 Å². The summed E-state index contributed by atoms with van der Waals surface area (Å²) < 4.78 is 3.72. The zero-order valence-corrected chi connectivity index (χ0v) is 18.1. The van der Waals surface area contributed by atoms with Crippen molar-refractivity contribution in [2.75, 3.05) is 0 Å². The van der Waals surface area contributed by atoms with Crippen LogP contribution in [0.2, 0.25) is 0 Å². The van der Waals surface area contributed by atoms with Crippen molar-refractivity contribution in [3.05, 3.63) is 82.8 Å². The van der Waals surface area contributed by atoms with Gasteiger partial charge in [0.1, 0.15) is 0 Å². The van der Waals surface area contributed by atoms with Crippen LogP contribution in [-0.4, -0.2) is 5.11 Å². The molecule has 0 aliphatic rings. The molecule has 0 atom stereocenters. The molecule has 0 aliphatic heterocycles. The van der Waals surface area contributed by atoms with E-state index in [1.165, 1.54) is 30.9 Å². The van der Waals surface area contributed by atoms with Crippen LogP contribution >= 0.6 is 27.3 Å². The van der Waals surface area contributed by atoms with Crippen LogP contribution in [0.5, 0.6) is 0 Å². The summed E-state index contributed by atoms with van der Waals surface area (Å²) in [7, 11) is 0. The maximum atomic E-state index is 10.6. The van der Waals surface area contributed by atoms with Crippen LogP contribution < -0.4 is 0 Å². The molecule has 0 radical (unpaired) electrons. The van der Waals surface area contributed by atoms with Gasteiger partial charge in [0.25, 0.3) is 0 Å². The van der Waals surface area contributed by atoms with E-state index in [1.807, 2.05) is 43.4 Å². The first-order valence-electron chi connectivity index (χ1n) is 9.29. The van der Waals surface area contributed by atoms with Crippen molar-refractivity contribution in [2.24, 2.45) is 0 Å². The number of hydrogen-bond acceptors (Lipinski definition) is 2. The van der Waals surface area contributed by atoms with E-state index < -0.39 is 5.60 Å². The van der Waals surface area contributed by atoms with E-state index in [9.17, 15) is 5.11 Å². The first-order valence-corrected chi connectivity index (χ1v) is 10.9. The largest absolute Gasteiger partial charge is 0.386 e. The summed E-state index contributed by atoms with van der Waals surface area (Å²) in [6, 6.07) is 25.5. The van der Waals surface area contributed by atoms with Gasteiger partial charge in [-0.1, -0.05) is 76.6 Å². The van der Waals surface area contributed by atoms with Gasteiger partial charge in [-0.2, -0.15) is 0 Å². The molecule has 4 aromatic carbocycles. The molecule has 1 nitrogen and oxygen atoms in total. The fourth-order valence-corrected chi connectivity index (χ4v) is 5.82. The van der Waals surface area contributed by atoms with Crippen molar-refractivity contribution < 1.29 is 5.11 Å². The standard InChI is InChI=1S/C25H19BrOS/c1-25(2,27)21-10-6-5-7-16(21)15-11-12-18-20-14-22(26)17-8-3-4-9-19(17)24(20)28-23(18)13-15/h3-14,27H,1-2H3. The van der Waals surface area contributed by atoms with Gasteiger partial charge in [-0.15, -0.1) is 11.3 Å². The summed E-state index contributed by atoms with van der Waals surface area (Å²) in [6.07, 6.45) is 0. The Morgan fingerprint density at radius 1 is 0.786 bits per heavy atom. The maximum absolute atomic E-state index is 10.6. The highest BCUT2D eigenvalue weighted by Crippen LogP contribution is 2.43. The molecule has 0 aliphatic carbocycles. The smallest absolute Gasteiger partial charge is 0.0846 e. The minimum Gasteiger partial charge on any atom is -0.386 e. The lowest BCUT2D eigenvalue weighted by atomic mass is 9.89. The molecule has 0 amide bonds. The molecule has 0 unspecified atom stereocenters. The van der Waals surface area contributed by atoms with E-state index in [-0.39, 0.29) is 0 Å². The SMILES string of the molecule is CC(C)(O)c1ccccc1-c1ccc2c(c1)sc1c3ccccc3c(Br)cc21. The lowest BCUT2D eigenvalue weighted by molar-refractivity contribution is 0.0792. The minimum absolute atomic E-state index is 0.882. The van der Waals surface area contributed by atoms with E-state index in [1.54, 1.807) is 0 Å². The predicted octanol–water partition coefficient (Wildman–Crippen LogP) is 7.86. The average molecular weight is 447 g/mol. The van der Waals surface area contributed by atoms with E-state index >= 15 is 0 Å². The van der Waals surface area contributed by atoms with Crippen molar-refractivity contribution >= 4 is 58.2 Å². The van der Waals surface area contributed by atoms with Gasteiger partial charge in [-0.3, -0.25) is 0 Å². The Kier molecular flexibility index (Phi) is 4.09. The highest BCUT2D eigenvalue weighted by Gasteiger charge is 2.20. The van der Waals surface area contributed by atoms with Gasteiger partial charge >= 0.3 is 0 Å². The quantitative estimate of drug-likeness (QED) is 0.292. The molecule has 3 heteroatoms. The van der Waals surface area contributed by atoms with Gasteiger partial charge in [0.2, 0.25) is 0 Å². The van der Waals surface area contributed by atoms with E-state index in [4.69, 9.17) is 0 Å². The molecule has 1 N–H and O–H groups in total. The van der Waals surface area contributed by atoms with Crippen LogP contribution in [0.1, 0.15) is 19.4 Å². The summed E-state index contributed by atoms with van der Waals surface area (Å²) in [5.74, 6) is 0. The summed E-state index contributed by atoms with van der Waals surface area (Å²) in [5, 5.41) is 15.7. The van der Waals surface area contributed by atoms with Crippen molar-refractivity contribution in [3.8, 4) is 11.1 Å². The van der Waals surface area contributed by atoms with Crippen LogP contribution in [0.4, 0.5) is 0 Å². The Bertz CT molecular complexity index is 1360. The summed E-state index contributed by atoms with van der Waals surface area (Å²) in [4.78, 5) is 0. The molecule has 0 saturated heterocycles. The number of thiophene rings is 1. The Balaban J connectivity index is 1.80. The number of benzene rings is 4. The lowest BCUT2D eigenvalue weighted by Crippen LogP contribution is -2.16. The summed E-state index contributed by atoms with van der Waals surface area (Å²) in [5.41, 5.74) is 2.29. The highest BCUT2D eigenvalue weighted by atomic mass is 79.9. The Morgan fingerprint density at radius 3 is 2.29 bits per heavy atom. The topological polar surface area (TPSA) is 20.2 Å². The van der Waals surface area contributed by atoms with Crippen LogP contribution in [-0.2, 0) is 5.60 Å². The first-order chi connectivity index (χ1) is 13.4. The molecule has 5 rings (SSSR count). The summed E-state index contributed by atoms with van der Waals surface area (Å²) >= 11 is 5.59. The number of aliphatic hydroxyl groups is 1. The molecule has 138 valence electrons. The van der Waals surface area contributed by atoms with E-state index in [0.717, 1.165) is 21.2 Å². The third-order valence-corrected chi connectivity index (χ3v) is 7.18. The zero-order chi connectivity index (χ0) is 19.5. The lowest BCUT2D eigenvalue weighted by Gasteiger charge is -2.21. The number of hydrogen-bond donors (Lipinski definition) is 1. The van der Waals surface area contributed by atoms with Gasteiger partial charge in [0.15, 0.2) is 0 Å². The average Bonchev–Trinajstić information content (AvgIpc) is 3.05. The van der Waals surface area contributed by atoms with E-state index in [2.05, 4.69) is 70.5 Å². The number of rotatable bonds is 2. The molecule has 5 aromatic rings. The van der Waals surface area contributed by atoms with Gasteiger partial charge in [-0.05, 0) is 48.1 Å². The van der Waals surface area contributed by atoms with Gasteiger partial charge < -0.3 is 5.11 Å². The van der Waals surface area contributed by atoms with Crippen molar-refractivity contribution in [2.45, 2.75) is 19.4 Å². The first kappa shape index (κ1) is 17.9.